The van der Waals surface area contributed by atoms with Crippen LogP contribution in [0.4, 0.5) is 0 Å². The van der Waals surface area contributed by atoms with E-state index in [4.69, 9.17) is 4.74 Å². The molecule has 0 saturated carbocycles. The van der Waals surface area contributed by atoms with E-state index < -0.39 is 0 Å². The fourth-order valence-corrected chi connectivity index (χ4v) is 3.09. The Morgan fingerprint density at radius 3 is 2.79 bits per heavy atom. The van der Waals surface area contributed by atoms with Crippen LogP contribution in [0.15, 0.2) is 24.3 Å². The molecule has 0 aliphatic carbocycles. The number of hydrogen-bond acceptors (Lipinski definition) is 2. The van der Waals surface area contributed by atoms with Gasteiger partial charge in [-0.05, 0) is 42.9 Å². The monoisotopic (exact) mass is 261 g/mol. The number of methoxy groups -OCH3 is 1. The number of carbonyl (C=O) groups is 1. The highest BCUT2D eigenvalue weighted by molar-refractivity contribution is 5.79. The van der Waals surface area contributed by atoms with E-state index in [-0.39, 0.29) is 11.4 Å². The van der Waals surface area contributed by atoms with Crippen LogP contribution in [0.25, 0.3) is 0 Å². The van der Waals surface area contributed by atoms with E-state index >= 15 is 0 Å². The Kier molecular flexibility index (Phi) is 4.13. The average molecular weight is 261 g/mol. The molecule has 3 heteroatoms. The molecule has 0 bridgehead atoms. The van der Waals surface area contributed by atoms with Gasteiger partial charge in [-0.3, -0.25) is 4.79 Å². The second-order valence-electron chi connectivity index (χ2n) is 5.95. The van der Waals surface area contributed by atoms with Crippen LogP contribution in [0.5, 0.6) is 5.75 Å². The van der Waals surface area contributed by atoms with Gasteiger partial charge in [0.2, 0.25) is 5.91 Å². The summed E-state index contributed by atoms with van der Waals surface area (Å²) in [6, 6.07) is 8.13. The smallest absolute Gasteiger partial charge is 0.220 e. The number of hydrogen-bond donors (Lipinski definition) is 1. The van der Waals surface area contributed by atoms with Gasteiger partial charge < -0.3 is 10.1 Å². The van der Waals surface area contributed by atoms with Crippen molar-refractivity contribution in [3.05, 3.63) is 29.8 Å². The minimum Gasteiger partial charge on any atom is -0.497 e. The lowest BCUT2D eigenvalue weighted by molar-refractivity contribution is -0.119. The van der Waals surface area contributed by atoms with E-state index in [1.165, 1.54) is 5.56 Å². The highest BCUT2D eigenvalue weighted by Gasteiger charge is 2.38. The Bertz CT molecular complexity index is 456. The van der Waals surface area contributed by atoms with Crippen molar-refractivity contribution in [1.82, 2.24) is 5.32 Å². The zero-order valence-electron chi connectivity index (χ0n) is 12.0. The number of amides is 1. The molecule has 2 rings (SSSR count). The maximum absolute atomic E-state index is 11.6. The summed E-state index contributed by atoms with van der Waals surface area (Å²) in [5.41, 5.74) is 1.15. The molecule has 1 amide bonds. The molecule has 1 aliphatic heterocycles. The molecule has 1 aromatic rings. The van der Waals surface area contributed by atoms with Crippen LogP contribution in [0, 0.1) is 5.92 Å². The Labute approximate surface area is 115 Å². The van der Waals surface area contributed by atoms with E-state index in [1.54, 1.807) is 7.11 Å². The summed E-state index contributed by atoms with van der Waals surface area (Å²) in [5.74, 6) is 1.63. The quantitative estimate of drug-likeness (QED) is 0.885. The van der Waals surface area contributed by atoms with E-state index in [9.17, 15) is 4.79 Å². The molecule has 19 heavy (non-hydrogen) atoms. The molecule has 1 unspecified atom stereocenters. The third-order valence-corrected chi connectivity index (χ3v) is 3.71. The fourth-order valence-electron chi connectivity index (χ4n) is 3.09. The Hall–Kier alpha value is -1.51. The second kappa shape index (κ2) is 5.64. The average Bonchev–Trinajstić information content (AvgIpc) is 2.69. The molecular weight excluding hydrogens is 238 g/mol. The third kappa shape index (κ3) is 3.49. The van der Waals surface area contributed by atoms with Crippen molar-refractivity contribution in [3.63, 3.8) is 0 Å². The van der Waals surface area contributed by atoms with Crippen molar-refractivity contribution in [2.24, 2.45) is 5.92 Å². The van der Waals surface area contributed by atoms with Crippen LogP contribution in [-0.2, 0) is 11.2 Å². The van der Waals surface area contributed by atoms with Gasteiger partial charge in [-0.2, -0.15) is 0 Å². The Balaban J connectivity index is 2.18. The minimum atomic E-state index is -0.0718. The summed E-state index contributed by atoms with van der Waals surface area (Å²) in [7, 11) is 1.68. The molecule has 0 aromatic heterocycles. The van der Waals surface area contributed by atoms with E-state index in [0.29, 0.717) is 12.3 Å². The molecule has 1 fully saturated rings. The Morgan fingerprint density at radius 2 is 2.21 bits per heavy atom. The number of rotatable bonds is 5. The topological polar surface area (TPSA) is 38.3 Å². The highest BCUT2D eigenvalue weighted by atomic mass is 16.5. The van der Waals surface area contributed by atoms with Gasteiger partial charge in [0.25, 0.3) is 0 Å². The summed E-state index contributed by atoms with van der Waals surface area (Å²) in [5, 5.41) is 3.20. The highest BCUT2D eigenvalue weighted by Crippen LogP contribution is 2.31. The molecule has 1 N–H and O–H groups in total. The molecule has 1 atom stereocenters. The first-order valence-corrected chi connectivity index (χ1v) is 6.97. The van der Waals surface area contributed by atoms with Crippen molar-refractivity contribution < 1.29 is 9.53 Å². The maximum Gasteiger partial charge on any atom is 0.220 e. The van der Waals surface area contributed by atoms with Crippen molar-refractivity contribution >= 4 is 5.91 Å². The van der Waals surface area contributed by atoms with Crippen LogP contribution in [0.3, 0.4) is 0 Å². The van der Waals surface area contributed by atoms with Gasteiger partial charge >= 0.3 is 0 Å². The SMILES string of the molecule is COc1cccc(CC2(CC(C)C)CCC(=O)N2)c1. The summed E-state index contributed by atoms with van der Waals surface area (Å²) >= 11 is 0. The molecule has 1 saturated heterocycles. The lowest BCUT2D eigenvalue weighted by Gasteiger charge is -2.31. The number of carbonyl (C=O) groups excluding carboxylic acids is 1. The van der Waals surface area contributed by atoms with E-state index in [1.807, 2.05) is 12.1 Å². The van der Waals surface area contributed by atoms with Crippen molar-refractivity contribution in [2.45, 2.75) is 45.1 Å². The molecule has 1 heterocycles. The first kappa shape index (κ1) is 13.9. The zero-order chi connectivity index (χ0) is 13.9. The lowest BCUT2D eigenvalue weighted by Crippen LogP contribution is -2.44. The molecule has 104 valence electrons. The summed E-state index contributed by atoms with van der Waals surface area (Å²) in [6.45, 7) is 4.41. The number of nitrogens with one attached hydrogen (secondary N) is 1. The van der Waals surface area contributed by atoms with Crippen LogP contribution in [-0.4, -0.2) is 18.6 Å². The third-order valence-electron chi connectivity index (χ3n) is 3.71. The molecule has 0 spiro atoms. The van der Waals surface area contributed by atoms with E-state index in [2.05, 4.69) is 31.3 Å². The van der Waals surface area contributed by atoms with Crippen LogP contribution in [0.2, 0.25) is 0 Å². The first-order valence-electron chi connectivity index (χ1n) is 6.97. The molecule has 0 radical (unpaired) electrons. The van der Waals surface area contributed by atoms with Gasteiger partial charge in [0.15, 0.2) is 0 Å². The minimum absolute atomic E-state index is 0.0718. The summed E-state index contributed by atoms with van der Waals surface area (Å²) < 4.78 is 5.27. The summed E-state index contributed by atoms with van der Waals surface area (Å²) in [6.07, 6.45) is 3.49. The van der Waals surface area contributed by atoms with Gasteiger partial charge in [0.05, 0.1) is 7.11 Å². The Morgan fingerprint density at radius 1 is 1.42 bits per heavy atom. The fraction of sp³-hybridized carbons (Fsp3) is 0.562. The van der Waals surface area contributed by atoms with Gasteiger partial charge in [-0.15, -0.1) is 0 Å². The zero-order valence-corrected chi connectivity index (χ0v) is 12.0. The van der Waals surface area contributed by atoms with Crippen molar-refractivity contribution in [2.75, 3.05) is 7.11 Å². The second-order valence-corrected chi connectivity index (χ2v) is 5.95. The van der Waals surface area contributed by atoms with Crippen LogP contribution < -0.4 is 10.1 Å². The number of benzene rings is 1. The van der Waals surface area contributed by atoms with Gasteiger partial charge in [0.1, 0.15) is 5.75 Å². The normalized spacial score (nSPS) is 22.6. The number of ether oxygens (including phenoxy) is 1. The molecule has 3 nitrogen and oxygen atoms in total. The molecule has 1 aliphatic rings. The summed E-state index contributed by atoms with van der Waals surface area (Å²) in [4.78, 5) is 11.6. The first-order chi connectivity index (χ1) is 9.03. The van der Waals surface area contributed by atoms with Crippen LogP contribution >= 0.6 is 0 Å². The lowest BCUT2D eigenvalue weighted by atomic mass is 9.82. The van der Waals surface area contributed by atoms with Gasteiger partial charge in [-0.1, -0.05) is 26.0 Å². The predicted molar refractivity (Wildman–Crippen MR) is 76.3 cm³/mol. The maximum atomic E-state index is 11.6. The van der Waals surface area contributed by atoms with E-state index in [0.717, 1.165) is 25.0 Å². The van der Waals surface area contributed by atoms with Gasteiger partial charge in [0, 0.05) is 12.0 Å². The molecule has 1 aromatic carbocycles. The largest absolute Gasteiger partial charge is 0.497 e. The van der Waals surface area contributed by atoms with Crippen molar-refractivity contribution in [3.8, 4) is 5.75 Å². The van der Waals surface area contributed by atoms with Gasteiger partial charge in [-0.25, -0.2) is 0 Å². The van der Waals surface area contributed by atoms with Crippen molar-refractivity contribution in [1.29, 1.82) is 0 Å². The predicted octanol–water partition coefficient (Wildman–Crippen LogP) is 2.93. The standard InChI is InChI=1S/C16H23NO2/c1-12(2)10-16(8-7-15(18)17-16)11-13-5-4-6-14(9-13)19-3/h4-6,9,12H,7-8,10-11H2,1-3H3,(H,17,18). The van der Waals surface area contributed by atoms with Crippen LogP contribution in [0.1, 0.15) is 38.7 Å². The molecular formula is C16H23NO2.